The highest BCUT2D eigenvalue weighted by molar-refractivity contribution is 5.71. The smallest absolute Gasteiger partial charge is 0.308 e. The molecule has 0 spiro atoms. The number of aromatic nitrogens is 2. The van der Waals surface area contributed by atoms with Crippen molar-refractivity contribution in [2.45, 2.75) is 20.4 Å². The Hall–Kier alpha value is -1.36. The summed E-state index contributed by atoms with van der Waals surface area (Å²) < 4.78 is 2.10. The van der Waals surface area contributed by atoms with Crippen LogP contribution < -0.4 is 0 Å². The van der Waals surface area contributed by atoms with Gasteiger partial charge in [0, 0.05) is 38.6 Å². The van der Waals surface area contributed by atoms with Crippen LogP contribution in [0.15, 0.2) is 12.4 Å². The zero-order valence-electron chi connectivity index (χ0n) is 10.3. The van der Waals surface area contributed by atoms with Crippen LogP contribution in [0, 0.1) is 18.8 Å². The van der Waals surface area contributed by atoms with Gasteiger partial charge in [0.25, 0.3) is 0 Å². The summed E-state index contributed by atoms with van der Waals surface area (Å²) >= 11 is 0. The first-order valence-electron chi connectivity index (χ1n) is 6.01. The first-order valence-corrected chi connectivity index (χ1v) is 6.01. The normalized spacial score (nSPS) is 25.3. The minimum absolute atomic E-state index is 0.209. The molecular formula is C12H19N3O2. The van der Waals surface area contributed by atoms with Crippen LogP contribution >= 0.6 is 0 Å². The Labute approximate surface area is 101 Å². The van der Waals surface area contributed by atoms with Gasteiger partial charge < -0.3 is 14.6 Å². The predicted molar refractivity (Wildman–Crippen MR) is 63.7 cm³/mol. The molecule has 0 radical (unpaired) electrons. The zero-order chi connectivity index (χ0) is 12.4. The molecule has 0 bridgehead atoms. The molecule has 0 amide bonds. The molecule has 2 atom stereocenters. The molecule has 0 aliphatic carbocycles. The van der Waals surface area contributed by atoms with Crippen molar-refractivity contribution in [3.05, 3.63) is 18.2 Å². The molecule has 5 nitrogen and oxygen atoms in total. The van der Waals surface area contributed by atoms with Gasteiger partial charge in [-0.15, -0.1) is 0 Å². The van der Waals surface area contributed by atoms with E-state index in [0.29, 0.717) is 6.54 Å². The Morgan fingerprint density at radius 2 is 2.29 bits per heavy atom. The summed E-state index contributed by atoms with van der Waals surface area (Å²) in [5.74, 6) is 0.376. The Kier molecular flexibility index (Phi) is 3.47. The van der Waals surface area contributed by atoms with E-state index in [9.17, 15) is 4.79 Å². The van der Waals surface area contributed by atoms with E-state index in [0.717, 1.165) is 25.5 Å². The van der Waals surface area contributed by atoms with Crippen molar-refractivity contribution in [3.8, 4) is 0 Å². The summed E-state index contributed by atoms with van der Waals surface area (Å²) in [6.07, 6.45) is 3.76. The Morgan fingerprint density at radius 1 is 1.53 bits per heavy atom. The molecule has 17 heavy (non-hydrogen) atoms. The van der Waals surface area contributed by atoms with Crippen molar-refractivity contribution in [2.24, 2.45) is 11.8 Å². The molecule has 0 aromatic carbocycles. The standard InChI is InChI=1S/C12H19N3O2/c1-9-7-14(8-11(9)12(16)17)5-6-15-4-3-13-10(15)2/h3-4,9,11H,5-8H2,1-2H3,(H,16,17). The highest BCUT2D eigenvalue weighted by Gasteiger charge is 2.34. The van der Waals surface area contributed by atoms with Gasteiger partial charge >= 0.3 is 5.97 Å². The maximum atomic E-state index is 11.0. The lowest BCUT2D eigenvalue weighted by molar-refractivity contribution is -0.142. The third-order valence-corrected chi connectivity index (χ3v) is 3.59. The van der Waals surface area contributed by atoms with E-state index in [-0.39, 0.29) is 11.8 Å². The van der Waals surface area contributed by atoms with Crippen molar-refractivity contribution in [2.75, 3.05) is 19.6 Å². The minimum atomic E-state index is -0.668. The number of hydrogen-bond donors (Lipinski definition) is 1. The fourth-order valence-electron chi connectivity index (χ4n) is 2.46. The van der Waals surface area contributed by atoms with Gasteiger partial charge in [-0.05, 0) is 12.8 Å². The van der Waals surface area contributed by atoms with Crippen LogP contribution in [-0.4, -0.2) is 45.2 Å². The van der Waals surface area contributed by atoms with E-state index in [2.05, 4.69) is 14.5 Å². The number of imidazole rings is 1. The maximum absolute atomic E-state index is 11.0. The fraction of sp³-hybridized carbons (Fsp3) is 0.667. The molecule has 5 heteroatoms. The van der Waals surface area contributed by atoms with Gasteiger partial charge in [-0.3, -0.25) is 4.79 Å². The second-order valence-electron chi connectivity index (χ2n) is 4.85. The third kappa shape index (κ3) is 2.66. The second-order valence-corrected chi connectivity index (χ2v) is 4.85. The zero-order valence-corrected chi connectivity index (χ0v) is 10.3. The molecule has 0 saturated carbocycles. The first kappa shape index (κ1) is 12.1. The second kappa shape index (κ2) is 4.87. The minimum Gasteiger partial charge on any atom is -0.481 e. The molecule has 1 saturated heterocycles. The molecule has 1 fully saturated rings. The maximum Gasteiger partial charge on any atom is 0.308 e. The lowest BCUT2D eigenvalue weighted by Crippen LogP contribution is -2.27. The Bertz CT molecular complexity index is 402. The van der Waals surface area contributed by atoms with Crippen LogP contribution in [0.5, 0.6) is 0 Å². The molecule has 1 N–H and O–H groups in total. The number of carbonyl (C=O) groups is 1. The SMILES string of the molecule is Cc1nccn1CCN1CC(C)C(C(=O)O)C1. The number of likely N-dealkylation sites (tertiary alicyclic amines) is 1. The summed E-state index contributed by atoms with van der Waals surface area (Å²) in [5.41, 5.74) is 0. The van der Waals surface area contributed by atoms with Crippen molar-refractivity contribution < 1.29 is 9.90 Å². The molecule has 2 unspecified atom stereocenters. The van der Waals surface area contributed by atoms with Gasteiger partial charge in [0.1, 0.15) is 5.82 Å². The molecule has 2 heterocycles. The van der Waals surface area contributed by atoms with Crippen molar-refractivity contribution in [3.63, 3.8) is 0 Å². The lowest BCUT2D eigenvalue weighted by Gasteiger charge is -2.15. The number of rotatable bonds is 4. The number of aliphatic carboxylic acids is 1. The van der Waals surface area contributed by atoms with Crippen LogP contribution in [0.4, 0.5) is 0 Å². The number of hydrogen-bond acceptors (Lipinski definition) is 3. The van der Waals surface area contributed by atoms with Crippen LogP contribution in [0.3, 0.4) is 0 Å². The van der Waals surface area contributed by atoms with Crippen molar-refractivity contribution in [1.29, 1.82) is 0 Å². The van der Waals surface area contributed by atoms with E-state index < -0.39 is 5.97 Å². The molecule has 1 aromatic heterocycles. The third-order valence-electron chi connectivity index (χ3n) is 3.59. The van der Waals surface area contributed by atoms with E-state index in [1.165, 1.54) is 0 Å². The average Bonchev–Trinajstić information content (AvgIpc) is 2.82. The fourth-order valence-corrected chi connectivity index (χ4v) is 2.46. The molecule has 1 aliphatic rings. The summed E-state index contributed by atoms with van der Waals surface area (Å²) in [7, 11) is 0. The van der Waals surface area contributed by atoms with Crippen LogP contribution in [0.1, 0.15) is 12.7 Å². The summed E-state index contributed by atoms with van der Waals surface area (Å²) in [5, 5.41) is 9.06. The van der Waals surface area contributed by atoms with Crippen LogP contribution in [0.25, 0.3) is 0 Å². The topological polar surface area (TPSA) is 58.4 Å². The van der Waals surface area contributed by atoms with E-state index in [1.807, 2.05) is 20.0 Å². The lowest BCUT2D eigenvalue weighted by atomic mass is 9.99. The van der Waals surface area contributed by atoms with Gasteiger partial charge in [0.05, 0.1) is 5.92 Å². The average molecular weight is 237 g/mol. The summed E-state index contributed by atoms with van der Waals surface area (Å²) in [6, 6.07) is 0. The van der Waals surface area contributed by atoms with E-state index in [4.69, 9.17) is 5.11 Å². The number of carboxylic acid groups (broad SMARTS) is 1. The molecule has 1 aromatic rings. The van der Waals surface area contributed by atoms with Crippen molar-refractivity contribution in [1.82, 2.24) is 14.5 Å². The quantitative estimate of drug-likeness (QED) is 0.843. The van der Waals surface area contributed by atoms with Crippen LogP contribution in [-0.2, 0) is 11.3 Å². The number of carboxylic acids is 1. The van der Waals surface area contributed by atoms with Crippen molar-refractivity contribution >= 4 is 5.97 Å². The molecular weight excluding hydrogens is 218 g/mol. The van der Waals surface area contributed by atoms with Crippen LogP contribution in [0.2, 0.25) is 0 Å². The number of nitrogens with zero attached hydrogens (tertiary/aromatic N) is 3. The van der Waals surface area contributed by atoms with E-state index in [1.54, 1.807) is 6.20 Å². The largest absolute Gasteiger partial charge is 0.481 e. The Balaban J connectivity index is 1.86. The van der Waals surface area contributed by atoms with Gasteiger partial charge in [-0.25, -0.2) is 4.98 Å². The van der Waals surface area contributed by atoms with Gasteiger partial charge in [-0.1, -0.05) is 6.92 Å². The van der Waals surface area contributed by atoms with Gasteiger partial charge in [-0.2, -0.15) is 0 Å². The molecule has 2 rings (SSSR count). The first-order chi connectivity index (χ1) is 8.08. The van der Waals surface area contributed by atoms with E-state index >= 15 is 0 Å². The monoisotopic (exact) mass is 237 g/mol. The van der Waals surface area contributed by atoms with Gasteiger partial charge in [0.15, 0.2) is 0 Å². The predicted octanol–water partition coefficient (Wildman–Crippen LogP) is 0.844. The van der Waals surface area contributed by atoms with Gasteiger partial charge in [0.2, 0.25) is 0 Å². The number of aryl methyl sites for hydroxylation is 1. The summed E-state index contributed by atoms with van der Waals surface area (Å²) in [6.45, 7) is 7.32. The Morgan fingerprint density at radius 3 is 2.82 bits per heavy atom. The summed E-state index contributed by atoms with van der Waals surface area (Å²) in [4.78, 5) is 17.4. The highest BCUT2D eigenvalue weighted by atomic mass is 16.4. The highest BCUT2D eigenvalue weighted by Crippen LogP contribution is 2.22. The molecule has 1 aliphatic heterocycles. The molecule has 94 valence electrons.